The molecule has 0 spiro atoms. The lowest BCUT2D eigenvalue weighted by Gasteiger charge is -2.06. The largest absolute Gasteiger partial charge is 0.287 e. The smallest absolute Gasteiger partial charge is 0.272 e. The van der Waals surface area contributed by atoms with E-state index in [-0.39, 0.29) is 16.3 Å². The van der Waals surface area contributed by atoms with E-state index in [0.29, 0.717) is 5.69 Å². The molecule has 0 saturated carbocycles. The zero-order chi connectivity index (χ0) is 19.2. The molecule has 138 valence electrons. The van der Waals surface area contributed by atoms with Gasteiger partial charge in [-0.25, -0.2) is 8.78 Å². The summed E-state index contributed by atoms with van der Waals surface area (Å²) in [6.07, 6.45) is 0. The van der Waals surface area contributed by atoms with E-state index < -0.39 is 23.4 Å². The van der Waals surface area contributed by atoms with Crippen LogP contribution in [-0.4, -0.2) is 27.8 Å². The van der Waals surface area contributed by atoms with Gasteiger partial charge in [-0.1, -0.05) is 30.3 Å². The highest BCUT2D eigenvalue weighted by Gasteiger charge is 2.13. The summed E-state index contributed by atoms with van der Waals surface area (Å²) >= 11 is 0.820. The fourth-order valence-corrected chi connectivity index (χ4v) is 2.92. The molecule has 0 fully saturated rings. The SMILES string of the molecule is O=C(CSc1cc(F)ccc1F)NNC(=O)c1cc(-c2ccccc2)n[nH]1. The lowest BCUT2D eigenvalue weighted by atomic mass is 10.1. The minimum Gasteiger partial charge on any atom is -0.272 e. The molecule has 2 amide bonds. The van der Waals surface area contributed by atoms with Crippen LogP contribution in [-0.2, 0) is 4.79 Å². The Morgan fingerprint density at radius 2 is 1.81 bits per heavy atom. The molecule has 0 radical (unpaired) electrons. The van der Waals surface area contributed by atoms with Gasteiger partial charge in [0.15, 0.2) is 0 Å². The Balaban J connectivity index is 1.51. The van der Waals surface area contributed by atoms with E-state index in [1.165, 1.54) is 0 Å². The van der Waals surface area contributed by atoms with Crippen LogP contribution in [0.5, 0.6) is 0 Å². The molecule has 0 aliphatic carbocycles. The van der Waals surface area contributed by atoms with Crippen LogP contribution in [0.4, 0.5) is 8.78 Å². The lowest BCUT2D eigenvalue weighted by Crippen LogP contribution is -2.42. The highest BCUT2D eigenvalue weighted by atomic mass is 32.2. The summed E-state index contributed by atoms with van der Waals surface area (Å²) in [7, 11) is 0. The predicted molar refractivity (Wildman–Crippen MR) is 96.7 cm³/mol. The molecule has 0 atom stereocenters. The van der Waals surface area contributed by atoms with E-state index in [1.54, 1.807) is 6.07 Å². The Hall–Kier alpha value is -3.20. The van der Waals surface area contributed by atoms with Crippen molar-refractivity contribution < 1.29 is 18.4 Å². The molecular weight excluding hydrogens is 374 g/mol. The molecule has 0 saturated heterocycles. The maximum absolute atomic E-state index is 13.5. The van der Waals surface area contributed by atoms with Crippen LogP contribution in [0.2, 0.25) is 0 Å². The van der Waals surface area contributed by atoms with Gasteiger partial charge in [0.1, 0.15) is 17.3 Å². The molecule has 2 aromatic carbocycles. The lowest BCUT2D eigenvalue weighted by molar-refractivity contribution is -0.119. The van der Waals surface area contributed by atoms with E-state index in [0.717, 1.165) is 35.5 Å². The second kappa shape index (κ2) is 8.45. The van der Waals surface area contributed by atoms with Crippen LogP contribution in [0, 0.1) is 11.6 Å². The summed E-state index contributed by atoms with van der Waals surface area (Å²) < 4.78 is 26.6. The summed E-state index contributed by atoms with van der Waals surface area (Å²) in [6.45, 7) is 0. The van der Waals surface area contributed by atoms with Crippen molar-refractivity contribution in [1.29, 1.82) is 0 Å². The van der Waals surface area contributed by atoms with Crippen LogP contribution in [0.1, 0.15) is 10.5 Å². The fourth-order valence-electron chi connectivity index (χ4n) is 2.16. The normalized spacial score (nSPS) is 10.4. The minimum absolute atomic E-state index is 0.0116. The summed E-state index contributed by atoms with van der Waals surface area (Å²) in [4.78, 5) is 23.9. The van der Waals surface area contributed by atoms with E-state index in [9.17, 15) is 18.4 Å². The molecule has 6 nitrogen and oxygen atoms in total. The van der Waals surface area contributed by atoms with Crippen molar-refractivity contribution in [2.45, 2.75) is 4.90 Å². The maximum Gasteiger partial charge on any atom is 0.287 e. The maximum atomic E-state index is 13.5. The Bertz CT molecular complexity index is 963. The first-order valence-electron chi connectivity index (χ1n) is 7.81. The topological polar surface area (TPSA) is 86.9 Å². The van der Waals surface area contributed by atoms with Gasteiger partial charge in [0, 0.05) is 10.5 Å². The summed E-state index contributed by atoms with van der Waals surface area (Å²) in [5.41, 5.74) is 6.04. The zero-order valence-corrected chi connectivity index (χ0v) is 14.6. The molecule has 1 heterocycles. The molecule has 3 rings (SSSR count). The second-order valence-electron chi connectivity index (χ2n) is 5.40. The van der Waals surface area contributed by atoms with Gasteiger partial charge in [0.2, 0.25) is 5.91 Å². The third-order valence-electron chi connectivity index (χ3n) is 3.46. The first-order valence-corrected chi connectivity index (χ1v) is 8.79. The summed E-state index contributed by atoms with van der Waals surface area (Å²) in [6, 6.07) is 13.8. The first kappa shape index (κ1) is 18.6. The number of thioether (sulfide) groups is 1. The van der Waals surface area contributed by atoms with Crippen molar-refractivity contribution in [1.82, 2.24) is 21.0 Å². The second-order valence-corrected chi connectivity index (χ2v) is 6.42. The van der Waals surface area contributed by atoms with Crippen LogP contribution in [0.15, 0.2) is 59.5 Å². The molecular formula is C18H14F2N4O2S. The summed E-state index contributed by atoms with van der Waals surface area (Å²) in [5.74, 6) is -2.57. The number of H-pyrrole nitrogens is 1. The van der Waals surface area contributed by atoms with Crippen molar-refractivity contribution in [3.8, 4) is 11.3 Å². The number of halogens is 2. The van der Waals surface area contributed by atoms with Crippen molar-refractivity contribution in [3.05, 3.63) is 71.9 Å². The van der Waals surface area contributed by atoms with Crippen LogP contribution < -0.4 is 10.9 Å². The number of aromatic nitrogens is 2. The number of nitrogens with zero attached hydrogens (tertiary/aromatic N) is 1. The highest BCUT2D eigenvalue weighted by Crippen LogP contribution is 2.22. The first-order chi connectivity index (χ1) is 13.0. The van der Waals surface area contributed by atoms with Gasteiger partial charge in [-0.3, -0.25) is 25.5 Å². The van der Waals surface area contributed by atoms with Gasteiger partial charge in [0.25, 0.3) is 5.91 Å². The number of nitrogens with one attached hydrogen (secondary N) is 3. The number of carbonyl (C=O) groups excluding carboxylic acids is 2. The van der Waals surface area contributed by atoms with Crippen molar-refractivity contribution in [3.63, 3.8) is 0 Å². The van der Waals surface area contributed by atoms with Crippen molar-refractivity contribution >= 4 is 23.6 Å². The minimum atomic E-state index is -0.621. The van der Waals surface area contributed by atoms with Crippen molar-refractivity contribution in [2.24, 2.45) is 0 Å². The molecule has 3 N–H and O–H groups in total. The number of benzene rings is 2. The number of rotatable bonds is 5. The molecule has 1 aromatic heterocycles. The molecule has 3 aromatic rings. The van der Waals surface area contributed by atoms with Gasteiger partial charge in [-0.05, 0) is 24.3 Å². The fraction of sp³-hybridized carbons (Fsp3) is 0.0556. The summed E-state index contributed by atoms with van der Waals surface area (Å²) in [5, 5.41) is 6.64. The third-order valence-corrected chi connectivity index (χ3v) is 4.49. The molecule has 9 heteroatoms. The zero-order valence-electron chi connectivity index (χ0n) is 13.8. The van der Waals surface area contributed by atoms with Gasteiger partial charge < -0.3 is 0 Å². The number of aromatic amines is 1. The molecule has 0 unspecified atom stereocenters. The number of hydrazine groups is 1. The molecule has 0 aliphatic rings. The number of hydrogen-bond acceptors (Lipinski definition) is 4. The monoisotopic (exact) mass is 388 g/mol. The standard InChI is InChI=1S/C18H14F2N4O2S/c19-12-6-7-13(20)16(8-12)27-10-17(25)23-24-18(26)15-9-14(21-22-15)11-4-2-1-3-5-11/h1-9H,10H2,(H,21,22)(H,23,25)(H,24,26). The third kappa shape index (κ3) is 4.91. The van der Waals surface area contributed by atoms with Crippen LogP contribution in [0.3, 0.4) is 0 Å². The van der Waals surface area contributed by atoms with E-state index >= 15 is 0 Å². The quantitative estimate of drug-likeness (QED) is 0.463. The van der Waals surface area contributed by atoms with Gasteiger partial charge in [-0.15, -0.1) is 11.8 Å². The van der Waals surface area contributed by atoms with Gasteiger partial charge in [-0.2, -0.15) is 5.10 Å². The van der Waals surface area contributed by atoms with Crippen LogP contribution >= 0.6 is 11.8 Å². The van der Waals surface area contributed by atoms with E-state index in [2.05, 4.69) is 21.0 Å². The Labute approximate surface area is 157 Å². The van der Waals surface area contributed by atoms with Crippen LogP contribution in [0.25, 0.3) is 11.3 Å². The van der Waals surface area contributed by atoms with E-state index in [4.69, 9.17) is 0 Å². The average molecular weight is 388 g/mol. The number of hydrogen-bond donors (Lipinski definition) is 3. The van der Waals surface area contributed by atoms with E-state index in [1.807, 2.05) is 30.3 Å². The predicted octanol–water partition coefficient (Wildman–Crippen LogP) is 2.91. The molecule has 0 bridgehead atoms. The van der Waals surface area contributed by atoms with Crippen molar-refractivity contribution in [2.75, 3.05) is 5.75 Å². The number of amides is 2. The van der Waals surface area contributed by atoms with Gasteiger partial charge in [0.05, 0.1) is 11.4 Å². The number of carbonyl (C=O) groups is 2. The Morgan fingerprint density at radius 1 is 1.04 bits per heavy atom. The van der Waals surface area contributed by atoms with Gasteiger partial charge >= 0.3 is 0 Å². The highest BCUT2D eigenvalue weighted by molar-refractivity contribution is 8.00. The molecule has 0 aliphatic heterocycles. The average Bonchev–Trinajstić information content (AvgIpc) is 3.18. The Morgan fingerprint density at radius 3 is 2.59 bits per heavy atom. The molecule has 27 heavy (non-hydrogen) atoms. The Kier molecular flexibility index (Phi) is 5.82.